The van der Waals surface area contributed by atoms with Gasteiger partial charge in [0.1, 0.15) is 0 Å². The molecule has 1 aromatic rings. The third kappa shape index (κ3) is 5.65. The van der Waals surface area contributed by atoms with Gasteiger partial charge in [-0.15, -0.1) is 35.6 Å². The van der Waals surface area contributed by atoms with Crippen LogP contribution in [0.2, 0.25) is 0 Å². The largest absolute Gasteiger partial charge is 0.493 e. The van der Waals surface area contributed by atoms with Crippen molar-refractivity contribution in [3.63, 3.8) is 0 Å². The van der Waals surface area contributed by atoms with Gasteiger partial charge in [0.05, 0.1) is 14.2 Å². The van der Waals surface area contributed by atoms with E-state index in [2.05, 4.69) is 4.90 Å². The molecule has 19 heavy (non-hydrogen) atoms. The lowest BCUT2D eigenvalue weighted by molar-refractivity contribution is 0.288. The fraction of sp³-hybridized carbons (Fsp3) is 0.538. The highest BCUT2D eigenvalue weighted by molar-refractivity contribution is 6.18. The van der Waals surface area contributed by atoms with Crippen LogP contribution >= 0.6 is 35.6 Å². The summed E-state index contributed by atoms with van der Waals surface area (Å²) in [6.07, 6.45) is 0. The molecule has 0 aliphatic carbocycles. The highest BCUT2D eigenvalue weighted by Gasteiger charge is 2.12. The molecule has 0 radical (unpaired) electrons. The minimum absolute atomic E-state index is 0. The van der Waals surface area contributed by atoms with Gasteiger partial charge in [-0.25, -0.2) is 0 Å². The van der Waals surface area contributed by atoms with E-state index in [1.54, 1.807) is 14.2 Å². The zero-order chi connectivity index (χ0) is 13.4. The van der Waals surface area contributed by atoms with Crippen LogP contribution < -0.4 is 9.47 Å². The van der Waals surface area contributed by atoms with E-state index in [0.29, 0.717) is 11.8 Å². The van der Waals surface area contributed by atoms with Crippen LogP contribution in [0, 0.1) is 0 Å². The molecule has 3 nitrogen and oxygen atoms in total. The molecule has 0 fully saturated rings. The second-order valence-electron chi connectivity index (χ2n) is 3.81. The lowest BCUT2D eigenvalue weighted by atomic mass is 10.1. The molecule has 0 spiro atoms. The summed E-state index contributed by atoms with van der Waals surface area (Å²) in [5, 5.41) is 0. The lowest BCUT2D eigenvalue weighted by Crippen LogP contribution is -2.27. The Morgan fingerprint density at radius 2 is 1.68 bits per heavy atom. The molecule has 0 aromatic heterocycles. The van der Waals surface area contributed by atoms with E-state index in [-0.39, 0.29) is 12.4 Å². The van der Waals surface area contributed by atoms with Gasteiger partial charge >= 0.3 is 0 Å². The minimum Gasteiger partial charge on any atom is -0.493 e. The molecule has 0 saturated heterocycles. The van der Waals surface area contributed by atoms with Crippen LogP contribution in [0.5, 0.6) is 11.5 Å². The van der Waals surface area contributed by atoms with E-state index >= 15 is 0 Å². The highest BCUT2D eigenvalue weighted by atomic mass is 35.5. The van der Waals surface area contributed by atoms with Gasteiger partial charge in [0.25, 0.3) is 0 Å². The van der Waals surface area contributed by atoms with Gasteiger partial charge in [-0.3, -0.25) is 4.90 Å². The molecule has 0 unspecified atom stereocenters. The van der Waals surface area contributed by atoms with Gasteiger partial charge in [0, 0.05) is 37.0 Å². The molecule has 0 atom stereocenters. The maximum Gasteiger partial charge on any atom is 0.165 e. The molecule has 1 rings (SSSR count). The van der Waals surface area contributed by atoms with E-state index in [1.807, 2.05) is 18.2 Å². The lowest BCUT2D eigenvalue weighted by Gasteiger charge is -2.22. The first-order chi connectivity index (χ1) is 8.76. The van der Waals surface area contributed by atoms with Crippen molar-refractivity contribution in [1.82, 2.24) is 4.90 Å². The van der Waals surface area contributed by atoms with Gasteiger partial charge in [-0.1, -0.05) is 12.1 Å². The van der Waals surface area contributed by atoms with Gasteiger partial charge < -0.3 is 9.47 Å². The van der Waals surface area contributed by atoms with Gasteiger partial charge in [-0.05, 0) is 6.07 Å². The average Bonchev–Trinajstić information content (AvgIpc) is 2.39. The van der Waals surface area contributed by atoms with E-state index < -0.39 is 0 Å². The number of hydrogen-bond donors (Lipinski definition) is 0. The highest BCUT2D eigenvalue weighted by Crippen LogP contribution is 2.31. The second kappa shape index (κ2) is 10.4. The third-order valence-electron chi connectivity index (χ3n) is 2.68. The summed E-state index contributed by atoms with van der Waals surface area (Å²) in [6, 6.07) is 5.86. The first kappa shape index (κ1) is 18.7. The molecule has 0 amide bonds. The summed E-state index contributed by atoms with van der Waals surface area (Å²) < 4.78 is 10.7. The second-order valence-corrected chi connectivity index (χ2v) is 4.56. The Hall–Kier alpha value is -0.350. The fourth-order valence-electron chi connectivity index (χ4n) is 1.83. The Morgan fingerprint density at radius 3 is 2.16 bits per heavy atom. The van der Waals surface area contributed by atoms with Crippen LogP contribution in [0.15, 0.2) is 18.2 Å². The molecule has 0 aliphatic rings. The van der Waals surface area contributed by atoms with Crippen molar-refractivity contribution < 1.29 is 9.47 Å². The van der Waals surface area contributed by atoms with E-state index in [4.69, 9.17) is 32.7 Å². The quantitative estimate of drug-likeness (QED) is 0.683. The topological polar surface area (TPSA) is 21.7 Å². The van der Waals surface area contributed by atoms with Crippen molar-refractivity contribution in [2.24, 2.45) is 0 Å². The number of hydrogen-bond acceptors (Lipinski definition) is 3. The van der Waals surface area contributed by atoms with Crippen molar-refractivity contribution in [3.8, 4) is 11.5 Å². The van der Waals surface area contributed by atoms with Gasteiger partial charge in [0.15, 0.2) is 11.5 Å². The molecule has 0 bridgehead atoms. The number of ether oxygens (including phenoxy) is 2. The van der Waals surface area contributed by atoms with Crippen LogP contribution in [-0.2, 0) is 6.54 Å². The number of rotatable bonds is 8. The monoisotopic (exact) mass is 327 g/mol. The number of benzene rings is 1. The molecule has 110 valence electrons. The Morgan fingerprint density at radius 1 is 1.05 bits per heavy atom. The normalized spacial score (nSPS) is 10.2. The predicted molar refractivity (Wildman–Crippen MR) is 83.5 cm³/mol. The molecule has 0 aliphatic heterocycles. The number of alkyl halides is 2. The molecular formula is C13H20Cl3NO2. The fourth-order valence-corrected chi connectivity index (χ4v) is 2.31. The Kier molecular flexibility index (Phi) is 10.2. The van der Waals surface area contributed by atoms with Crippen molar-refractivity contribution in [3.05, 3.63) is 23.8 Å². The summed E-state index contributed by atoms with van der Waals surface area (Å²) in [7, 11) is 3.28. The molecular weight excluding hydrogens is 309 g/mol. The van der Waals surface area contributed by atoms with Crippen molar-refractivity contribution in [2.75, 3.05) is 39.1 Å². The summed E-state index contributed by atoms with van der Waals surface area (Å²) in [5.41, 5.74) is 1.08. The predicted octanol–water partition coefficient (Wildman–Crippen LogP) is 3.41. The summed E-state index contributed by atoms with van der Waals surface area (Å²) >= 11 is 11.6. The summed E-state index contributed by atoms with van der Waals surface area (Å²) in [4.78, 5) is 2.19. The standard InChI is InChI=1S/C13H19Cl2NO2.ClH/c1-17-12-5-3-4-11(13(12)18-2)10-16(8-6-14)9-7-15;/h3-5H,6-10H2,1-2H3;1H. The van der Waals surface area contributed by atoms with Crippen LogP contribution in [0.4, 0.5) is 0 Å². The van der Waals surface area contributed by atoms with Crippen molar-refractivity contribution in [1.29, 1.82) is 0 Å². The third-order valence-corrected chi connectivity index (χ3v) is 3.02. The van der Waals surface area contributed by atoms with Crippen LogP contribution in [0.25, 0.3) is 0 Å². The summed E-state index contributed by atoms with van der Waals surface area (Å²) in [6.45, 7) is 2.35. The SMILES string of the molecule is COc1cccc(CN(CCCl)CCCl)c1OC.Cl. The Bertz CT molecular complexity index is 358. The van der Waals surface area contributed by atoms with Crippen LogP contribution in [0.1, 0.15) is 5.56 Å². The van der Waals surface area contributed by atoms with E-state index in [9.17, 15) is 0 Å². The zero-order valence-corrected chi connectivity index (χ0v) is 13.5. The van der Waals surface area contributed by atoms with Crippen molar-refractivity contribution in [2.45, 2.75) is 6.54 Å². The molecule has 1 aromatic carbocycles. The first-order valence-corrected chi connectivity index (χ1v) is 6.87. The van der Waals surface area contributed by atoms with E-state index in [0.717, 1.165) is 36.7 Å². The summed E-state index contributed by atoms with van der Waals surface area (Å²) in [5.74, 6) is 2.69. The molecule has 0 heterocycles. The van der Waals surface area contributed by atoms with Gasteiger partial charge in [0.2, 0.25) is 0 Å². The minimum atomic E-state index is 0. The number of halogens is 3. The Balaban J connectivity index is 0.00000324. The molecule has 6 heteroatoms. The Labute approximate surface area is 131 Å². The van der Waals surface area contributed by atoms with Crippen LogP contribution in [0.3, 0.4) is 0 Å². The van der Waals surface area contributed by atoms with E-state index in [1.165, 1.54) is 0 Å². The smallest absolute Gasteiger partial charge is 0.165 e. The average molecular weight is 329 g/mol. The maximum absolute atomic E-state index is 5.79. The van der Waals surface area contributed by atoms with Crippen molar-refractivity contribution >= 4 is 35.6 Å². The van der Waals surface area contributed by atoms with Gasteiger partial charge in [-0.2, -0.15) is 0 Å². The zero-order valence-electron chi connectivity index (χ0n) is 11.2. The number of para-hydroxylation sites is 1. The number of nitrogens with zero attached hydrogens (tertiary/aromatic N) is 1. The maximum atomic E-state index is 5.79. The van der Waals surface area contributed by atoms with Crippen LogP contribution in [-0.4, -0.2) is 44.0 Å². The molecule has 0 saturated carbocycles. The molecule has 0 N–H and O–H groups in total. The first-order valence-electron chi connectivity index (χ1n) is 5.81. The number of methoxy groups -OCH3 is 2.